The lowest BCUT2D eigenvalue weighted by molar-refractivity contribution is -0.121. The highest BCUT2D eigenvalue weighted by atomic mass is 16.1. The Morgan fingerprint density at radius 3 is 2.50 bits per heavy atom. The molecule has 0 bridgehead atoms. The van der Waals surface area contributed by atoms with Gasteiger partial charge in [0.25, 0.3) is 0 Å². The first-order chi connectivity index (χ1) is 9.47. The maximum Gasteiger partial charge on any atom is 0.220 e. The summed E-state index contributed by atoms with van der Waals surface area (Å²) in [5.41, 5.74) is 2.59. The summed E-state index contributed by atoms with van der Waals surface area (Å²) in [4.78, 5) is 14.0. The van der Waals surface area contributed by atoms with Gasteiger partial charge in [-0.25, -0.2) is 0 Å². The van der Waals surface area contributed by atoms with E-state index in [0.717, 1.165) is 25.8 Å². The van der Waals surface area contributed by atoms with Crippen LogP contribution in [0.3, 0.4) is 0 Å². The van der Waals surface area contributed by atoms with Crippen molar-refractivity contribution < 1.29 is 4.79 Å². The molecular formula is C17H28N2O. The van der Waals surface area contributed by atoms with Gasteiger partial charge in [0.05, 0.1) is 0 Å². The lowest BCUT2D eigenvalue weighted by Gasteiger charge is -2.16. The van der Waals surface area contributed by atoms with Crippen molar-refractivity contribution in [3.8, 4) is 0 Å². The van der Waals surface area contributed by atoms with Gasteiger partial charge in [0, 0.05) is 12.5 Å². The van der Waals surface area contributed by atoms with Crippen molar-refractivity contribution in [2.75, 3.05) is 20.6 Å². The quantitative estimate of drug-likeness (QED) is 0.792. The average molecular weight is 276 g/mol. The van der Waals surface area contributed by atoms with Gasteiger partial charge in [-0.15, -0.1) is 0 Å². The summed E-state index contributed by atoms with van der Waals surface area (Å²) in [7, 11) is 4.10. The number of hydrogen-bond donors (Lipinski definition) is 1. The molecule has 1 rings (SSSR count). The van der Waals surface area contributed by atoms with E-state index < -0.39 is 0 Å². The van der Waals surface area contributed by atoms with Crippen LogP contribution in [0.5, 0.6) is 0 Å². The molecule has 20 heavy (non-hydrogen) atoms. The number of amides is 1. The molecule has 0 aromatic heterocycles. The predicted molar refractivity (Wildman–Crippen MR) is 84.9 cm³/mol. The fourth-order valence-electron chi connectivity index (χ4n) is 2.08. The van der Waals surface area contributed by atoms with Gasteiger partial charge in [-0.1, -0.05) is 29.8 Å². The van der Waals surface area contributed by atoms with Crippen LogP contribution in [0, 0.1) is 6.92 Å². The lowest BCUT2D eigenvalue weighted by Crippen LogP contribution is -2.34. The highest BCUT2D eigenvalue weighted by molar-refractivity contribution is 5.76. The molecule has 0 radical (unpaired) electrons. The van der Waals surface area contributed by atoms with E-state index in [2.05, 4.69) is 62.4 Å². The molecule has 112 valence electrons. The molecule has 0 aliphatic carbocycles. The summed E-state index contributed by atoms with van der Waals surface area (Å²) in [5, 5.41) is 3.07. The van der Waals surface area contributed by atoms with Crippen LogP contribution in [0.4, 0.5) is 0 Å². The smallest absolute Gasteiger partial charge is 0.220 e. The van der Waals surface area contributed by atoms with Gasteiger partial charge in [0.2, 0.25) is 5.91 Å². The Bertz CT molecular complexity index is 398. The molecule has 0 saturated heterocycles. The number of carbonyl (C=O) groups excluding carboxylic acids is 1. The zero-order valence-electron chi connectivity index (χ0n) is 13.3. The summed E-state index contributed by atoms with van der Waals surface area (Å²) in [5.74, 6) is 0.170. The van der Waals surface area contributed by atoms with Gasteiger partial charge in [0.15, 0.2) is 0 Å². The van der Waals surface area contributed by atoms with Gasteiger partial charge < -0.3 is 10.2 Å². The molecule has 1 aromatic carbocycles. The first-order valence-electron chi connectivity index (χ1n) is 7.47. The molecule has 0 heterocycles. The van der Waals surface area contributed by atoms with E-state index in [1.807, 2.05) is 0 Å². The third-order valence-corrected chi connectivity index (χ3v) is 3.41. The second kappa shape index (κ2) is 8.75. The summed E-state index contributed by atoms with van der Waals surface area (Å²) in [6.45, 7) is 5.17. The van der Waals surface area contributed by atoms with Crippen LogP contribution in [0.1, 0.15) is 37.3 Å². The van der Waals surface area contributed by atoms with Crippen LogP contribution in [0.15, 0.2) is 24.3 Å². The SMILES string of the molecule is Cc1ccc(CCCC(=O)NC(C)CCN(C)C)cc1. The summed E-state index contributed by atoms with van der Waals surface area (Å²) < 4.78 is 0. The third-order valence-electron chi connectivity index (χ3n) is 3.41. The van der Waals surface area contributed by atoms with Gasteiger partial charge in [-0.05, 0) is 59.3 Å². The zero-order chi connectivity index (χ0) is 15.0. The van der Waals surface area contributed by atoms with Crippen LogP contribution in [0.2, 0.25) is 0 Å². The predicted octanol–water partition coefficient (Wildman–Crippen LogP) is 2.77. The minimum absolute atomic E-state index is 0.170. The van der Waals surface area contributed by atoms with Crippen molar-refractivity contribution in [3.05, 3.63) is 35.4 Å². The Labute approximate surface area is 123 Å². The molecule has 1 atom stereocenters. The van der Waals surface area contributed by atoms with Gasteiger partial charge in [-0.3, -0.25) is 4.79 Å². The van der Waals surface area contributed by atoms with Gasteiger partial charge >= 0.3 is 0 Å². The van der Waals surface area contributed by atoms with Crippen molar-refractivity contribution >= 4 is 5.91 Å². The Kier molecular flexibility index (Phi) is 7.31. The molecule has 1 N–H and O–H groups in total. The van der Waals surface area contributed by atoms with Crippen molar-refractivity contribution in [2.45, 2.75) is 45.6 Å². The molecule has 1 aromatic rings. The van der Waals surface area contributed by atoms with E-state index in [1.165, 1.54) is 11.1 Å². The monoisotopic (exact) mass is 276 g/mol. The topological polar surface area (TPSA) is 32.3 Å². The van der Waals surface area contributed by atoms with E-state index in [0.29, 0.717) is 6.42 Å². The van der Waals surface area contributed by atoms with E-state index in [1.54, 1.807) is 0 Å². The van der Waals surface area contributed by atoms with Crippen LogP contribution in [0.25, 0.3) is 0 Å². The van der Waals surface area contributed by atoms with Crippen LogP contribution in [-0.4, -0.2) is 37.5 Å². The second-order valence-electron chi connectivity index (χ2n) is 5.90. The molecule has 0 aliphatic rings. The largest absolute Gasteiger partial charge is 0.354 e. The fraction of sp³-hybridized carbons (Fsp3) is 0.588. The highest BCUT2D eigenvalue weighted by Gasteiger charge is 2.07. The van der Waals surface area contributed by atoms with Crippen LogP contribution >= 0.6 is 0 Å². The molecule has 1 amide bonds. The molecule has 0 aliphatic heterocycles. The van der Waals surface area contributed by atoms with E-state index in [4.69, 9.17) is 0 Å². The zero-order valence-corrected chi connectivity index (χ0v) is 13.3. The van der Waals surface area contributed by atoms with Crippen molar-refractivity contribution in [1.82, 2.24) is 10.2 Å². The Balaban J connectivity index is 2.18. The first kappa shape index (κ1) is 16.7. The molecule has 3 heteroatoms. The van der Waals surface area contributed by atoms with E-state index in [9.17, 15) is 4.79 Å². The van der Waals surface area contributed by atoms with Gasteiger partial charge in [-0.2, -0.15) is 0 Å². The minimum Gasteiger partial charge on any atom is -0.354 e. The normalized spacial score (nSPS) is 12.4. The number of rotatable bonds is 8. The number of nitrogens with zero attached hydrogens (tertiary/aromatic N) is 1. The van der Waals surface area contributed by atoms with E-state index >= 15 is 0 Å². The average Bonchev–Trinajstić information content (AvgIpc) is 2.38. The second-order valence-corrected chi connectivity index (χ2v) is 5.90. The Morgan fingerprint density at radius 1 is 1.25 bits per heavy atom. The third kappa shape index (κ3) is 7.29. The Hall–Kier alpha value is -1.35. The minimum atomic E-state index is 0.170. The summed E-state index contributed by atoms with van der Waals surface area (Å²) >= 11 is 0. The maximum atomic E-state index is 11.8. The molecule has 3 nitrogen and oxygen atoms in total. The fourth-order valence-corrected chi connectivity index (χ4v) is 2.08. The number of carbonyl (C=O) groups is 1. The first-order valence-corrected chi connectivity index (χ1v) is 7.47. The molecule has 0 saturated carbocycles. The maximum absolute atomic E-state index is 11.8. The van der Waals surface area contributed by atoms with E-state index in [-0.39, 0.29) is 11.9 Å². The molecule has 0 fully saturated rings. The lowest BCUT2D eigenvalue weighted by atomic mass is 10.1. The number of benzene rings is 1. The van der Waals surface area contributed by atoms with Crippen molar-refractivity contribution in [2.24, 2.45) is 0 Å². The summed E-state index contributed by atoms with van der Waals surface area (Å²) in [6, 6.07) is 8.79. The van der Waals surface area contributed by atoms with Crippen molar-refractivity contribution in [3.63, 3.8) is 0 Å². The highest BCUT2D eigenvalue weighted by Crippen LogP contribution is 2.07. The van der Waals surface area contributed by atoms with Crippen LogP contribution < -0.4 is 5.32 Å². The number of aryl methyl sites for hydroxylation is 2. The number of hydrogen-bond acceptors (Lipinski definition) is 2. The Morgan fingerprint density at radius 2 is 1.90 bits per heavy atom. The van der Waals surface area contributed by atoms with Gasteiger partial charge in [0.1, 0.15) is 0 Å². The molecule has 1 unspecified atom stereocenters. The van der Waals surface area contributed by atoms with Crippen molar-refractivity contribution in [1.29, 1.82) is 0 Å². The molecule has 0 spiro atoms. The summed E-state index contributed by atoms with van der Waals surface area (Å²) in [6.07, 6.45) is 3.49. The number of nitrogens with one attached hydrogen (secondary N) is 1. The van der Waals surface area contributed by atoms with Crippen LogP contribution in [-0.2, 0) is 11.2 Å². The standard InChI is InChI=1S/C17H28N2O/c1-14-8-10-16(11-9-14)6-5-7-17(20)18-15(2)12-13-19(3)4/h8-11,15H,5-7,12-13H2,1-4H3,(H,18,20). The molecular weight excluding hydrogens is 248 g/mol.